The molecule has 0 aliphatic heterocycles. The minimum atomic E-state index is -2.38. The quantitative estimate of drug-likeness (QED) is 0.179. The van der Waals surface area contributed by atoms with E-state index < -0.39 is 33.3 Å². The van der Waals surface area contributed by atoms with Crippen molar-refractivity contribution in [2.75, 3.05) is 37.2 Å². The van der Waals surface area contributed by atoms with Gasteiger partial charge in [0, 0.05) is 24.2 Å². The van der Waals surface area contributed by atoms with E-state index in [0.29, 0.717) is 22.9 Å². The van der Waals surface area contributed by atoms with E-state index in [4.69, 9.17) is 9.97 Å². The predicted molar refractivity (Wildman–Crippen MR) is 155 cm³/mol. The molecule has 0 fully saturated rings. The van der Waals surface area contributed by atoms with Crippen LogP contribution < -0.4 is 10.0 Å². The van der Waals surface area contributed by atoms with Crippen molar-refractivity contribution >= 4 is 34.0 Å². The Kier molecular flexibility index (Phi) is 9.88. The molecule has 4 aromatic rings. The van der Waals surface area contributed by atoms with Gasteiger partial charge in [0.05, 0.1) is 27.0 Å². The van der Waals surface area contributed by atoms with Gasteiger partial charge in [0.2, 0.25) is 5.95 Å². The first-order chi connectivity index (χ1) is 19.1. The average Bonchev–Trinajstić information content (AvgIpc) is 3.36. The Morgan fingerprint density at radius 3 is 2.45 bits per heavy atom. The van der Waals surface area contributed by atoms with E-state index in [1.54, 1.807) is 18.3 Å². The number of benzene rings is 2. The Balaban J connectivity index is 1.64. The average molecular weight is 589 g/mol. The Hall–Kier alpha value is -3.35. The van der Waals surface area contributed by atoms with Crippen molar-refractivity contribution in [3.8, 4) is 21.8 Å². The molecule has 4 rings (SSSR count). The van der Waals surface area contributed by atoms with E-state index in [-0.39, 0.29) is 11.6 Å². The first-order valence-electron chi connectivity index (χ1n) is 12.8. The number of hydrogen-bond acceptors (Lipinski definition) is 7. The van der Waals surface area contributed by atoms with Gasteiger partial charge in [0.1, 0.15) is 22.3 Å². The summed E-state index contributed by atoms with van der Waals surface area (Å²) in [7, 11) is 1.71. The van der Waals surface area contributed by atoms with Crippen molar-refractivity contribution in [3.05, 3.63) is 71.1 Å². The summed E-state index contributed by atoms with van der Waals surface area (Å²) >= 11 is 1.48. The number of anilines is 2. The monoisotopic (exact) mass is 588 g/mol. The second-order valence-corrected chi connectivity index (χ2v) is 11.9. The van der Waals surface area contributed by atoms with Crippen LogP contribution in [0.4, 0.5) is 24.8 Å². The van der Waals surface area contributed by atoms with Gasteiger partial charge < -0.3 is 10.2 Å². The molecule has 2 heterocycles. The number of nitrogens with one attached hydrogen (secondary N) is 2. The van der Waals surface area contributed by atoms with Crippen LogP contribution in [0.1, 0.15) is 37.6 Å². The third-order valence-electron chi connectivity index (χ3n) is 5.89. The molecule has 12 heteroatoms. The molecule has 212 valence electrons. The zero-order valence-corrected chi connectivity index (χ0v) is 24.3. The zero-order chi connectivity index (χ0) is 28.8. The second kappa shape index (κ2) is 13.3. The molecule has 0 bridgehead atoms. The molecule has 0 radical (unpaired) electrons. The molecule has 0 aliphatic rings. The number of nitrogens with zero attached hydrogens (tertiary/aromatic N) is 4. The van der Waals surface area contributed by atoms with Crippen LogP contribution in [0, 0.1) is 17.5 Å². The van der Waals surface area contributed by atoms with E-state index in [2.05, 4.69) is 19.9 Å². The van der Waals surface area contributed by atoms with E-state index in [0.717, 1.165) is 47.9 Å². The molecular formula is C28H31F3N6OS2. The lowest BCUT2D eigenvalue weighted by Gasteiger charge is -2.11. The number of aromatic nitrogens is 3. The maximum Gasteiger partial charge on any atom is 0.223 e. The fourth-order valence-electron chi connectivity index (χ4n) is 3.84. The maximum absolute atomic E-state index is 14.8. The lowest BCUT2D eigenvalue weighted by Crippen LogP contribution is -2.14. The molecule has 2 aromatic carbocycles. The van der Waals surface area contributed by atoms with Crippen molar-refractivity contribution in [1.82, 2.24) is 19.9 Å². The topological polar surface area (TPSA) is 83.0 Å². The van der Waals surface area contributed by atoms with Gasteiger partial charge in [0.15, 0.2) is 11.0 Å². The molecule has 0 amide bonds. The van der Waals surface area contributed by atoms with Crippen LogP contribution in [-0.4, -0.2) is 51.2 Å². The second-order valence-electron chi connectivity index (χ2n) is 9.70. The molecule has 7 nitrogen and oxygen atoms in total. The molecule has 40 heavy (non-hydrogen) atoms. The van der Waals surface area contributed by atoms with Crippen molar-refractivity contribution in [2.24, 2.45) is 0 Å². The summed E-state index contributed by atoms with van der Waals surface area (Å²) < 4.78 is 58.2. The van der Waals surface area contributed by atoms with E-state index in [1.807, 2.05) is 27.9 Å². The minimum absolute atomic E-state index is 0.128. The number of thiazole rings is 1. The summed E-state index contributed by atoms with van der Waals surface area (Å²) in [5.74, 6) is -2.08. The van der Waals surface area contributed by atoms with E-state index in [1.165, 1.54) is 29.5 Å². The number of rotatable bonds is 12. The summed E-state index contributed by atoms with van der Waals surface area (Å²) in [6.07, 6.45) is 3.69. The standard InChI is InChI=1S/C28H31F3N6OS2/c1-17(2)27-35-24(25(39-27)22-12-14-33-28(34-22)32-13-5-6-15-37(3)4)18-10-11-19(29)23(16-18)36-40(38)26-20(30)8-7-9-21(26)31/h7-12,14,16-17,36H,5-6,13,15H2,1-4H3,(H,32,33,34). The van der Waals surface area contributed by atoms with E-state index in [9.17, 15) is 17.4 Å². The largest absolute Gasteiger partial charge is 0.354 e. The van der Waals surface area contributed by atoms with Gasteiger partial charge in [-0.15, -0.1) is 11.3 Å². The normalized spacial score (nSPS) is 12.2. The smallest absolute Gasteiger partial charge is 0.223 e. The van der Waals surface area contributed by atoms with Gasteiger partial charge in [0.25, 0.3) is 0 Å². The van der Waals surface area contributed by atoms with Gasteiger partial charge in [-0.25, -0.2) is 32.3 Å². The lowest BCUT2D eigenvalue weighted by molar-refractivity contribution is 0.396. The van der Waals surface area contributed by atoms with Crippen LogP contribution in [0.2, 0.25) is 0 Å². The van der Waals surface area contributed by atoms with E-state index >= 15 is 0 Å². The van der Waals surface area contributed by atoms with Crippen molar-refractivity contribution in [2.45, 2.75) is 37.5 Å². The third-order valence-corrected chi connectivity index (χ3v) is 8.43. The van der Waals surface area contributed by atoms with Gasteiger partial charge in [-0.1, -0.05) is 19.9 Å². The summed E-state index contributed by atoms with van der Waals surface area (Å²) in [5, 5.41) is 4.13. The highest BCUT2D eigenvalue weighted by molar-refractivity contribution is 7.86. The van der Waals surface area contributed by atoms with Crippen LogP contribution >= 0.6 is 11.3 Å². The third kappa shape index (κ3) is 7.23. The lowest BCUT2D eigenvalue weighted by atomic mass is 10.1. The SMILES string of the molecule is CC(C)c1nc(-c2ccc(F)c(NS(=O)c3c(F)cccc3F)c2)c(-c2ccnc(NCCCCN(C)C)n2)s1. The zero-order valence-electron chi connectivity index (χ0n) is 22.7. The number of unbranched alkanes of at least 4 members (excludes halogenated alkanes) is 1. The first-order valence-corrected chi connectivity index (χ1v) is 14.8. The highest BCUT2D eigenvalue weighted by Crippen LogP contribution is 2.39. The Labute approximate surface area is 238 Å². The van der Waals surface area contributed by atoms with Crippen LogP contribution in [-0.2, 0) is 11.0 Å². The van der Waals surface area contributed by atoms with Crippen LogP contribution in [0.3, 0.4) is 0 Å². The summed E-state index contributed by atoms with van der Waals surface area (Å²) in [6, 6.07) is 9.13. The summed E-state index contributed by atoms with van der Waals surface area (Å²) in [6.45, 7) is 5.78. The molecule has 2 N–H and O–H groups in total. The molecule has 1 atom stereocenters. The van der Waals surface area contributed by atoms with Gasteiger partial charge in [-0.3, -0.25) is 4.72 Å². The van der Waals surface area contributed by atoms with Crippen molar-refractivity contribution in [3.63, 3.8) is 0 Å². The minimum Gasteiger partial charge on any atom is -0.354 e. The Morgan fingerprint density at radius 2 is 1.75 bits per heavy atom. The predicted octanol–water partition coefficient (Wildman–Crippen LogP) is 6.70. The number of hydrogen-bond donors (Lipinski definition) is 2. The van der Waals surface area contributed by atoms with Gasteiger partial charge in [-0.05, 0) is 69.9 Å². The Morgan fingerprint density at radius 1 is 1.00 bits per heavy atom. The molecule has 0 saturated heterocycles. The summed E-state index contributed by atoms with van der Waals surface area (Å²) in [5.41, 5.74) is 1.58. The number of halogens is 3. The molecule has 1 unspecified atom stereocenters. The van der Waals surface area contributed by atoms with Gasteiger partial charge >= 0.3 is 0 Å². The van der Waals surface area contributed by atoms with Crippen LogP contribution in [0.5, 0.6) is 0 Å². The van der Waals surface area contributed by atoms with Crippen molar-refractivity contribution < 1.29 is 17.4 Å². The fraction of sp³-hybridized carbons (Fsp3) is 0.321. The van der Waals surface area contributed by atoms with Crippen LogP contribution in [0.25, 0.3) is 21.8 Å². The maximum atomic E-state index is 14.8. The fourth-order valence-corrected chi connectivity index (χ4v) is 5.85. The first kappa shape index (κ1) is 29.6. The molecule has 0 aliphatic carbocycles. The molecule has 0 saturated carbocycles. The van der Waals surface area contributed by atoms with Crippen molar-refractivity contribution in [1.29, 1.82) is 0 Å². The Bertz CT molecular complexity index is 1470. The molecule has 0 spiro atoms. The summed E-state index contributed by atoms with van der Waals surface area (Å²) in [4.78, 5) is 16.1. The van der Waals surface area contributed by atoms with Gasteiger partial charge in [-0.2, -0.15) is 0 Å². The van der Waals surface area contributed by atoms with Crippen LogP contribution in [0.15, 0.2) is 53.6 Å². The highest BCUT2D eigenvalue weighted by atomic mass is 32.2. The molecule has 2 aromatic heterocycles. The molecular weight excluding hydrogens is 557 g/mol. The highest BCUT2D eigenvalue weighted by Gasteiger charge is 2.21.